The summed E-state index contributed by atoms with van der Waals surface area (Å²) in [6.07, 6.45) is 1.86. The van der Waals surface area contributed by atoms with Crippen LogP contribution >= 0.6 is 11.6 Å². The molecule has 0 aliphatic carbocycles. The number of hydrogen-bond acceptors (Lipinski definition) is 6. The Bertz CT molecular complexity index is 1260. The summed E-state index contributed by atoms with van der Waals surface area (Å²) in [5.74, 6) is -1.03. The first-order chi connectivity index (χ1) is 14.7. The summed E-state index contributed by atoms with van der Waals surface area (Å²) in [5.41, 5.74) is 0.961. The molecule has 1 fully saturated rings. The van der Waals surface area contributed by atoms with Gasteiger partial charge in [-0.05, 0) is 49.6 Å². The number of halogens is 2. The van der Waals surface area contributed by atoms with Gasteiger partial charge in [0.2, 0.25) is 5.82 Å². The van der Waals surface area contributed by atoms with E-state index in [9.17, 15) is 17.6 Å². The van der Waals surface area contributed by atoms with Gasteiger partial charge in [0.25, 0.3) is 10.0 Å². The lowest BCUT2D eigenvalue weighted by molar-refractivity contribution is 0.0743. The molecule has 4 rings (SSSR count). The molecule has 11 heteroatoms. The largest absolute Gasteiger partial charge is 0.334 e. The highest BCUT2D eigenvalue weighted by Crippen LogP contribution is 2.27. The molecule has 0 atom stereocenters. The van der Waals surface area contributed by atoms with E-state index >= 15 is 0 Å². The van der Waals surface area contributed by atoms with Crippen molar-refractivity contribution >= 4 is 33.2 Å². The normalized spacial score (nSPS) is 14.1. The molecule has 1 aliphatic rings. The quantitative estimate of drug-likeness (QED) is 0.614. The Balaban J connectivity index is 1.62. The molecule has 2 aromatic carbocycles. The van der Waals surface area contributed by atoms with Crippen molar-refractivity contribution in [2.24, 2.45) is 0 Å². The highest BCUT2D eigenvalue weighted by Gasteiger charge is 2.26. The summed E-state index contributed by atoms with van der Waals surface area (Å²) in [6.45, 7) is 2.92. The number of benzene rings is 2. The standard InChI is InChI=1S/C20H18ClFN4O4S/c1-12-4-5-13(18-23-19(30-24-18)20(27)26-8-2-3-9-26)10-17(12)31(28,29)25-14-6-7-16(22)15(21)11-14/h4-7,10-11,25H,2-3,8-9H2,1H3. The fourth-order valence-corrected chi connectivity index (χ4v) is 4.78. The van der Waals surface area contributed by atoms with Gasteiger partial charge in [0.15, 0.2) is 0 Å². The average molecular weight is 465 g/mol. The van der Waals surface area contributed by atoms with Crippen molar-refractivity contribution in [3.05, 3.63) is 58.7 Å². The van der Waals surface area contributed by atoms with Gasteiger partial charge in [0, 0.05) is 18.7 Å². The molecule has 0 radical (unpaired) electrons. The number of nitrogens with one attached hydrogen (secondary N) is 1. The molecule has 1 saturated heterocycles. The number of rotatable bonds is 5. The average Bonchev–Trinajstić information content (AvgIpc) is 3.42. The van der Waals surface area contributed by atoms with Crippen molar-refractivity contribution in [2.75, 3.05) is 17.8 Å². The summed E-state index contributed by atoms with van der Waals surface area (Å²) in [7, 11) is -4.02. The van der Waals surface area contributed by atoms with E-state index in [1.54, 1.807) is 24.0 Å². The molecule has 1 N–H and O–H groups in total. The molecule has 162 valence electrons. The van der Waals surface area contributed by atoms with Crippen molar-refractivity contribution in [3.8, 4) is 11.4 Å². The topological polar surface area (TPSA) is 105 Å². The molecule has 1 aromatic heterocycles. The van der Waals surface area contributed by atoms with Crippen LogP contribution in [-0.2, 0) is 10.0 Å². The maximum absolute atomic E-state index is 13.4. The summed E-state index contributed by atoms with van der Waals surface area (Å²) in [4.78, 5) is 18.2. The predicted molar refractivity (Wildman–Crippen MR) is 112 cm³/mol. The third kappa shape index (κ3) is 4.40. The summed E-state index contributed by atoms with van der Waals surface area (Å²) >= 11 is 5.73. The smallest absolute Gasteiger partial charge is 0.316 e. The van der Waals surface area contributed by atoms with Crippen molar-refractivity contribution in [2.45, 2.75) is 24.7 Å². The fourth-order valence-electron chi connectivity index (χ4n) is 3.28. The molecular formula is C20H18ClFN4O4S. The van der Waals surface area contributed by atoms with Crippen LogP contribution in [0.3, 0.4) is 0 Å². The lowest BCUT2D eigenvalue weighted by Gasteiger charge is -2.12. The van der Waals surface area contributed by atoms with Gasteiger partial charge in [-0.1, -0.05) is 28.9 Å². The zero-order chi connectivity index (χ0) is 22.2. The van der Waals surface area contributed by atoms with Crippen LogP contribution in [0.2, 0.25) is 5.02 Å². The molecule has 8 nitrogen and oxygen atoms in total. The van der Waals surface area contributed by atoms with Crippen LogP contribution in [0.25, 0.3) is 11.4 Å². The summed E-state index contributed by atoms with van der Waals surface area (Å²) < 4.78 is 46.7. The van der Waals surface area contributed by atoms with E-state index in [4.69, 9.17) is 16.1 Å². The van der Waals surface area contributed by atoms with Gasteiger partial charge in [-0.25, -0.2) is 12.8 Å². The summed E-state index contributed by atoms with van der Waals surface area (Å²) in [5, 5.41) is 3.63. The molecule has 3 aromatic rings. The van der Waals surface area contributed by atoms with Crippen molar-refractivity contribution in [1.29, 1.82) is 0 Å². The second-order valence-electron chi connectivity index (χ2n) is 7.14. The SMILES string of the molecule is Cc1ccc(-c2noc(C(=O)N3CCCC3)n2)cc1S(=O)(=O)Nc1ccc(F)c(Cl)c1. The minimum Gasteiger partial charge on any atom is -0.334 e. The lowest BCUT2D eigenvalue weighted by atomic mass is 10.1. The Morgan fingerprint density at radius 2 is 1.94 bits per heavy atom. The van der Waals surface area contributed by atoms with Crippen LogP contribution in [-0.4, -0.2) is 42.5 Å². The minimum atomic E-state index is -4.02. The number of carbonyl (C=O) groups is 1. The van der Waals surface area contributed by atoms with Gasteiger partial charge in [0.1, 0.15) is 5.82 Å². The second kappa shape index (κ2) is 8.27. The van der Waals surface area contributed by atoms with Gasteiger partial charge >= 0.3 is 11.8 Å². The number of anilines is 1. The Labute approximate surface area is 183 Å². The van der Waals surface area contributed by atoms with E-state index < -0.39 is 15.8 Å². The van der Waals surface area contributed by atoms with Crippen LogP contribution in [0.15, 0.2) is 45.8 Å². The van der Waals surface area contributed by atoms with Crippen LogP contribution in [0, 0.1) is 12.7 Å². The van der Waals surface area contributed by atoms with E-state index in [1.807, 2.05) is 0 Å². The summed E-state index contributed by atoms with van der Waals surface area (Å²) in [6, 6.07) is 8.15. The molecule has 1 aliphatic heterocycles. The van der Waals surface area contributed by atoms with Crippen LogP contribution < -0.4 is 4.72 Å². The van der Waals surface area contributed by atoms with E-state index in [2.05, 4.69) is 14.9 Å². The van der Waals surface area contributed by atoms with Crippen LogP contribution in [0.4, 0.5) is 10.1 Å². The van der Waals surface area contributed by atoms with Gasteiger partial charge < -0.3 is 9.42 Å². The molecule has 0 unspecified atom stereocenters. The van der Waals surface area contributed by atoms with Gasteiger partial charge in [-0.2, -0.15) is 4.98 Å². The highest BCUT2D eigenvalue weighted by molar-refractivity contribution is 7.92. The maximum Gasteiger partial charge on any atom is 0.316 e. The highest BCUT2D eigenvalue weighted by atomic mass is 35.5. The molecule has 0 bridgehead atoms. The number of carbonyl (C=O) groups excluding carboxylic acids is 1. The van der Waals surface area contributed by atoms with Gasteiger partial charge in [-0.3, -0.25) is 9.52 Å². The van der Waals surface area contributed by atoms with Crippen molar-refractivity contribution in [3.63, 3.8) is 0 Å². The third-order valence-electron chi connectivity index (χ3n) is 4.91. The molecule has 2 heterocycles. The first kappa shape index (κ1) is 21.3. The van der Waals surface area contributed by atoms with Crippen LogP contribution in [0.5, 0.6) is 0 Å². The van der Waals surface area contributed by atoms with Crippen molar-refractivity contribution < 1.29 is 22.1 Å². The number of likely N-dealkylation sites (tertiary alicyclic amines) is 1. The number of hydrogen-bond donors (Lipinski definition) is 1. The van der Waals surface area contributed by atoms with E-state index in [1.165, 1.54) is 18.2 Å². The van der Waals surface area contributed by atoms with E-state index in [0.717, 1.165) is 18.9 Å². The zero-order valence-electron chi connectivity index (χ0n) is 16.4. The Morgan fingerprint density at radius 1 is 1.19 bits per heavy atom. The molecule has 1 amide bonds. The molecular weight excluding hydrogens is 447 g/mol. The Morgan fingerprint density at radius 3 is 2.65 bits per heavy atom. The molecule has 31 heavy (non-hydrogen) atoms. The number of aryl methyl sites for hydroxylation is 1. The Hall–Kier alpha value is -2.98. The van der Waals surface area contributed by atoms with Crippen molar-refractivity contribution in [1.82, 2.24) is 15.0 Å². The first-order valence-corrected chi connectivity index (χ1v) is 11.3. The minimum absolute atomic E-state index is 0.0253. The fraction of sp³-hybridized carbons (Fsp3) is 0.250. The monoisotopic (exact) mass is 464 g/mol. The number of nitrogens with zero attached hydrogens (tertiary/aromatic N) is 3. The lowest BCUT2D eigenvalue weighted by Crippen LogP contribution is -2.27. The first-order valence-electron chi connectivity index (χ1n) is 9.46. The number of amides is 1. The zero-order valence-corrected chi connectivity index (χ0v) is 18.0. The molecule has 0 saturated carbocycles. The maximum atomic E-state index is 13.4. The van der Waals surface area contributed by atoms with Crippen LogP contribution in [0.1, 0.15) is 29.1 Å². The second-order valence-corrected chi connectivity index (χ2v) is 9.20. The van der Waals surface area contributed by atoms with Gasteiger partial charge in [0.05, 0.1) is 15.6 Å². The number of sulfonamides is 1. The molecule has 0 spiro atoms. The van der Waals surface area contributed by atoms with E-state index in [-0.39, 0.29) is 33.2 Å². The number of aromatic nitrogens is 2. The predicted octanol–water partition coefficient (Wildman–Crippen LogP) is 3.87. The Kier molecular flexibility index (Phi) is 5.67. The third-order valence-corrected chi connectivity index (χ3v) is 6.72. The van der Waals surface area contributed by atoms with E-state index in [0.29, 0.717) is 24.2 Å². The van der Waals surface area contributed by atoms with Gasteiger partial charge in [-0.15, -0.1) is 0 Å².